The number of rotatable bonds is 5. The van der Waals surface area contributed by atoms with Crippen LogP contribution in [-0.4, -0.2) is 6.61 Å². The third kappa shape index (κ3) is 4.46. The van der Waals surface area contributed by atoms with Crippen LogP contribution in [0.5, 0.6) is 5.75 Å². The molecule has 1 atom stereocenters. The van der Waals surface area contributed by atoms with Gasteiger partial charge in [-0.3, -0.25) is 0 Å². The number of ether oxygens (including phenoxy) is 1. The van der Waals surface area contributed by atoms with Gasteiger partial charge in [-0.25, -0.2) is 0 Å². The molecule has 0 aromatic heterocycles. The molecule has 0 aliphatic heterocycles. The third-order valence-electron chi connectivity index (χ3n) is 2.70. The number of benzene rings is 1. The highest BCUT2D eigenvalue weighted by atomic mass is 16.5. The van der Waals surface area contributed by atoms with Crippen molar-refractivity contribution < 1.29 is 4.74 Å². The van der Waals surface area contributed by atoms with Crippen LogP contribution < -0.4 is 10.5 Å². The summed E-state index contributed by atoms with van der Waals surface area (Å²) in [5.41, 5.74) is 6.53. The first-order valence-corrected chi connectivity index (χ1v) is 5.84. The second-order valence-corrected chi connectivity index (χ2v) is 4.95. The Morgan fingerprint density at radius 2 is 1.94 bits per heavy atom. The Morgan fingerprint density at radius 3 is 2.41 bits per heavy atom. The molecule has 2 N–H and O–H groups in total. The van der Waals surface area contributed by atoms with Gasteiger partial charge in [-0.2, -0.15) is 5.26 Å². The van der Waals surface area contributed by atoms with Crippen LogP contribution >= 0.6 is 0 Å². The lowest BCUT2D eigenvalue weighted by atomic mass is 9.92. The molecular formula is C14H20N2O. The third-order valence-corrected chi connectivity index (χ3v) is 2.70. The zero-order chi connectivity index (χ0) is 12.9. The normalized spacial score (nSPS) is 12.9. The summed E-state index contributed by atoms with van der Waals surface area (Å²) >= 11 is 0. The molecule has 3 nitrogen and oxygen atoms in total. The lowest BCUT2D eigenvalue weighted by molar-refractivity contribution is 0.264. The molecule has 0 aliphatic carbocycles. The largest absolute Gasteiger partial charge is 0.494 e. The molecule has 1 aromatic carbocycles. The van der Waals surface area contributed by atoms with Crippen LogP contribution in [0.4, 0.5) is 0 Å². The van der Waals surface area contributed by atoms with E-state index < -0.39 is 0 Å². The van der Waals surface area contributed by atoms with Gasteiger partial charge in [0.15, 0.2) is 0 Å². The summed E-state index contributed by atoms with van der Waals surface area (Å²) in [6.45, 7) is 6.33. The minimum atomic E-state index is -0.328. The van der Waals surface area contributed by atoms with Crippen LogP contribution in [0.1, 0.15) is 38.8 Å². The molecular weight excluding hydrogens is 212 g/mol. The Kier molecular flexibility index (Phi) is 4.53. The van der Waals surface area contributed by atoms with E-state index in [1.54, 1.807) is 0 Å². The SMILES string of the molecule is C[C@@H](N)c1ccc(OCCC(C)(C)C#N)cc1. The van der Waals surface area contributed by atoms with Gasteiger partial charge in [0.05, 0.1) is 18.1 Å². The lowest BCUT2D eigenvalue weighted by Crippen LogP contribution is -2.13. The smallest absolute Gasteiger partial charge is 0.119 e. The number of nitrogens with zero attached hydrogens (tertiary/aromatic N) is 1. The fourth-order valence-corrected chi connectivity index (χ4v) is 1.35. The number of nitriles is 1. The lowest BCUT2D eigenvalue weighted by Gasteiger charge is -2.15. The quantitative estimate of drug-likeness (QED) is 0.848. The van der Waals surface area contributed by atoms with E-state index >= 15 is 0 Å². The van der Waals surface area contributed by atoms with Crippen molar-refractivity contribution in [1.82, 2.24) is 0 Å². The first kappa shape index (κ1) is 13.5. The number of hydrogen-bond acceptors (Lipinski definition) is 3. The van der Waals surface area contributed by atoms with Crippen molar-refractivity contribution in [2.75, 3.05) is 6.61 Å². The molecule has 0 aliphatic rings. The molecule has 0 fully saturated rings. The monoisotopic (exact) mass is 232 g/mol. The molecule has 1 rings (SSSR count). The molecule has 1 aromatic rings. The summed E-state index contributed by atoms with van der Waals surface area (Å²) in [5, 5.41) is 8.87. The first-order chi connectivity index (χ1) is 7.94. The second kappa shape index (κ2) is 5.70. The standard InChI is InChI=1S/C14H20N2O/c1-11(16)12-4-6-13(7-5-12)17-9-8-14(2,3)10-15/h4-7,11H,8-9,16H2,1-3H3/t11-/m1/s1. The van der Waals surface area contributed by atoms with Crippen molar-refractivity contribution in [2.24, 2.45) is 11.1 Å². The zero-order valence-corrected chi connectivity index (χ0v) is 10.7. The summed E-state index contributed by atoms with van der Waals surface area (Å²) in [4.78, 5) is 0. The molecule has 0 saturated heterocycles. The molecule has 17 heavy (non-hydrogen) atoms. The molecule has 0 amide bonds. The van der Waals surface area contributed by atoms with Crippen molar-refractivity contribution in [1.29, 1.82) is 5.26 Å². The van der Waals surface area contributed by atoms with Crippen molar-refractivity contribution in [3.63, 3.8) is 0 Å². The molecule has 0 saturated carbocycles. The van der Waals surface area contributed by atoms with Gasteiger partial charge in [0.2, 0.25) is 0 Å². The van der Waals surface area contributed by atoms with Gasteiger partial charge in [0.25, 0.3) is 0 Å². The van der Waals surface area contributed by atoms with E-state index in [2.05, 4.69) is 6.07 Å². The van der Waals surface area contributed by atoms with Gasteiger partial charge in [0, 0.05) is 6.04 Å². The van der Waals surface area contributed by atoms with Crippen LogP contribution in [0.25, 0.3) is 0 Å². The van der Waals surface area contributed by atoms with E-state index in [0.717, 1.165) is 17.7 Å². The summed E-state index contributed by atoms with van der Waals surface area (Å²) in [6, 6.07) is 10.1. The van der Waals surface area contributed by atoms with Crippen LogP contribution in [0.15, 0.2) is 24.3 Å². The Labute approximate surface area is 103 Å². The summed E-state index contributed by atoms with van der Waals surface area (Å²) < 4.78 is 5.59. The molecule has 0 bridgehead atoms. The van der Waals surface area contributed by atoms with Gasteiger partial charge in [-0.1, -0.05) is 12.1 Å². The van der Waals surface area contributed by atoms with Gasteiger partial charge in [-0.05, 0) is 44.9 Å². The molecule has 0 unspecified atom stereocenters. The van der Waals surface area contributed by atoms with Crippen molar-refractivity contribution >= 4 is 0 Å². The van der Waals surface area contributed by atoms with Crippen molar-refractivity contribution in [2.45, 2.75) is 33.2 Å². The van der Waals surface area contributed by atoms with E-state index in [9.17, 15) is 0 Å². The van der Waals surface area contributed by atoms with E-state index in [-0.39, 0.29) is 11.5 Å². The minimum absolute atomic E-state index is 0.0431. The maximum Gasteiger partial charge on any atom is 0.119 e. The Balaban J connectivity index is 2.46. The highest BCUT2D eigenvalue weighted by molar-refractivity contribution is 5.28. The summed E-state index contributed by atoms with van der Waals surface area (Å²) in [7, 11) is 0. The fourth-order valence-electron chi connectivity index (χ4n) is 1.35. The highest BCUT2D eigenvalue weighted by Gasteiger charge is 2.16. The Hall–Kier alpha value is -1.53. The minimum Gasteiger partial charge on any atom is -0.494 e. The van der Waals surface area contributed by atoms with Gasteiger partial charge >= 0.3 is 0 Å². The van der Waals surface area contributed by atoms with Crippen LogP contribution in [-0.2, 0) is 0 Å². The predicted octanol–water partition coefficient (Wildman–Crippen LogP) is 3.02. The van der Waals surface area contributed by atoms with Gasteiger partial charge in [0.1, 0.15) is 5.75 Å². The highest BCUT2D eigenvalue weighted by Crippen LogP contribution is 2.20. The number of hydrogen-bond donors (Lipinski definition) is 1. The van der Waals surface area contributed by atoms with Gasteiger partial charge < -0.3 is 10.5 Å². The van der Waals surface area contributed by atoms with E-state index in [4.69, 9.17) is 15.7 Å². The first-order valence-electron chi connectivity index (χ1n) is 5.84. The van der Waals surface area contributed by atoms with Gasteiger partial charge in [-0.15, -0.1) is 0 Å². The summed E-state index contributed by atoms with van der Waals surface area (Å²) in [6.07, 6.45) is 0.721. The Morgan fingerprint density at radius 1 is 1.35 bits per heavy atom. The van der Waals surface area contributed by atoms with Crippen molar-refractivity contribution in [3.05, 3.63) is 29.8 Å². The van der Waals surface area contributed by atoms with E-state index in [1.165, 1.54) is 0 Å². The predicted molar refractivity (Wildman–Crippen MR) is 68.6 cm³/mol. The maximum atomic E-state index is 8.87. The average molecular weight is 232 g/mol. The maximum absolute atomic E-state index is 8.87. The molecule has 0 heterocycles. The van der Waals surface area contributed by atoms with Crippen LogP contribution in [0.2, 0.25) is 0 Å². The van der Waals surface area contributed by atoms with E-state index in [1.807, 2.05) is 45.0 Å². The van der Waals surface area contributed by atoms with Crippen molar-refractivity contribution in [3.8, 4) is 11.8 Å². The molecule has 3 heteroatoms. The zero-order valence-electron chi connectivity index (χ0n) is 10.7. The van der Waals surface area contributed by atoms with E-state index in [0.29, 0.717) is 6.61 Å². The molecule has 0 spiro atoms. The second-order valence-electron chi connectivity index (χ2n) is 4.95. The van der Waals surface area contributed by atoms with Crippen LogP contribution in [0, 0.1) is 16.7 Å². The topological polar surface area (TPSA) is 59.0 Å². The average Bonchev–Trinajstić information content (AvgIpc) is 2.29. The fraction of sp³-hybridized carbons (Fsp3) is 0.500. The van der Waals surface area contributed by atoms with Crippen LogP contribution in [0.3, 0.4) is 0 Å². The molecule has 0 radical (unpaired) electrons. The number of nitrogens with two attached hydrogens (primary N) is 1. The summed E-state index contributed by atoms with van der Waals surface area (Å²) in [5.74, 6) is 0.822. The molecule has 92 valence electrons. The Bertz CT molecular complexity index is 388.